The molecule has 1 heterocycles. The summed E-state index contributed by atoms with van der Waals surface area (Å²) in [6.45, 7) is 12.4. The number of hydrogen-bond donors (Lipinski definition) is 1. The first kappa shape index (κ1) is 29.4. The summed E-state index contributed by atoms with van der Waals surface area (Å²) in [6, 6.07) is 26.2. The first-order valence-electron chi connectivity index (χ1n) is 14.4. The molecule has 7 heteroatoms. The third kappa shape index (κ3) is 5.52. The van der Waals surface area contributed by atoms with E-state index in [4.69, 9.17) is 9.41 Å². The van der Waals surface area contributed by atoms with Crippen LogP contribution in [0.1, 0.15) is 33.4 Å². The number of aryl methyl sites for hydroxylation is 6. The van der Waals surface area contributed by atoms with Gasteiger partial charge < -0.3 is 14.3 Å². The lowest BCUT2D eigenvalue weighted by atomic mass is 9.93. The van der Waals surface area contributed by atoms with E-state index in [2.05, 4.69) is 57.3 Å². The summed E-state index contributed by atoms with van der Waals surface area (Å²) in [4.78, 5) is 4.68. The summed E-state index contributed by atoms with van der Waals surface area (Å²) in [5.74, 6) is 0.522. The molecule has 4 aromatic rings. The van der Waals surface area contributed by atoms with E-state index in [-0.39, 0.29) is 4.90 Å². The Morgan fingerprint density at radius 2 is 1.34 bits per heavy atom. The van der Waals surface area contributed by atoms with Crippen LogP contribution in [0.4, 0.5) is 17.1 Å². The highest BCUT2D eigenvalue weighted by Gasteiger charge is 2.21. The van der Waals surface area contributed by atoms with Crippen molar-refractivity contribution in [1.82, 2.24) is 0 Å². The number of benzene rings is 5. The van der Waals surface area contributed by atoms with Crippen molar-refractivity contribution in [2.24, 2.45) is 4.99 Å². The average Bonchev–Trinajstić information content (AvgIpc) is 2.95. The Hall–Kier alpha value is -4.72. The summed E-state index contributed by atoms with van der Waals surface area (Å²) >= 11 is 0. The zero-order chi connectivity index (χ0) is 31.3. The highest BCUT2D eigenvalue weighted by atomic mass is 32.2. The lowest BCUT2D eigenvalue weighted by molar-refractivity contribution is 0.463. The van der Waals surface area contributed by atoms with Crippen LogP contribution in [0.3, 0.4) is 0 Å². The van der Waals surface area contributed by atoms with Gasteiger partial charge in [0.05, 0.1) is 15.9 Å². The summed E-state index contributed by atoms with van der Waals surface area (Å²) in [6.07, 6.45) is 0. The van der Waals surface area contributed by atoms with Crippen LogP contribution in [0.2, 0.25) is 0 Å². The molecule has 0 spiro atoms. The van der Waals surface area contributed by atoms with E-state index < -0.39 is 10.1 Å². The topological polar surface area (TPSA) is 94.7 Å². The van der Waals surface area contributed by atoms with E-state index in [9.17, 15) is 13.0 Å². The highest BCUT2D eigenvalue weighted by molar-refractivity contribution is 7.85. The molecule has 0 radical (unpaired) electrons. The Kier molecular flexibility index (Phi) is 7.40. The molecule has 2 aliphatic rings. The largest absolute Gasteiger partial charge is 0.744 e. The van der Waals surface area contributed by atoms with Gasteiger partial charge in [0.2, 0.25) is 0 Å². The van der Waals surface area contributed by atoms with Crippen molar-refractivity contribution in [3.8, 4) is 22.5 Å². The van der Waals surface area contributed by atoms with E-state index in [1.807, 2.05) is 50.2 Å². The molecular weight excluding hydrogens is 568 g/mol. The van der Waals surface area contributed by atoms with Crippen molar-refractivity contribution < 1.29 is 17.4 Å². The number of anilines is 2. The maximum absolute atomic E-state index is 12.4. The van der Waals surface area contributed by atoms with Gasteiger partial charge in [-0.3, -0.25) is 0 Å². The summed E-state index contributed by atoms with van der Waals surface area (Å²) in [5, 5.41) is 4.93. The monoisotopic (exact) mass is 601 g/mol. The third-order valence-corrected chi connectivity index (χ3v) is 8.85. The van der Waals surface area contributed by atoms with Gasteiger partial charge in [-0.25, -0.2) is 13.4 Å². The van der Waals surface area contributed by atoms with Gasteiger partial charge in [-0.1, -0.05) is 53.6 Å². The van der Waals surface area contributed by atoms with E-state index in [1.165, 1.54) is 17.2 Å². The number of nitrogens with zero attached hydrogens (tertiary/aromatic N) is 1. The van der Waals surface area contributed by atoms with Gasteiger partial charge in [-0.15, -0.1) is 0 Å². The van der Waals surface area contributed by atoms with Crippen molar-refractivity contribution in [3.05, 3.63) is 124 Å². The van der Waals surface area contributed by atoms with Crippen molar-refractivity contribution in [2.45, 2.75) is 46.4 Å². The Morgan fingerprint density at radius 3 is 2.00 bits per heavy atom. The molecule has 1 aliphatic carbocycles. The molecular formula is C37H33N2O4S-. The fourth-order valence-electron chi connectivity index (χ4n) is 6.21. The third-order valence-electron chi connectivity index (χ3n) is 7.95. The van der Waals surface area contributed by atoms with E-state index in [0.29, 0.717) is 38.8 Å². The fourth-order valence-corrected chi connectivity index (χ4v) is 6.89. The maximum Gasteiger partial charge on any atom is 0.137 e. The maximum atomic E-state index is 12.4. The molecule has 0 amide bonds. The summed E-state index contributed by atoms with van der Waals surface area (Å²) in [7, 11) is -4.75. The van der Waals surface area contributed by atoms with Crippen LogP contribution in [0, 0.1) is 41.5 Å². The Labute approximate surface area is 257 Å². The number of hydrogen-bond acceptors (Lipinski definition) is 6. The van der Waals surface area contributed by atoms with Crippen LogP contribution in [0.25, 0.3) is 33.4 Å². The quantitative estimate of drug-likeness (QED) is 0.157. The molecule has 0 aromatic heterocycles. The molecule has 0 fully saturated rings. The van der Waals surface area contributed by atoms with Gasteiger partial charge >= 0.3 is 0 Å². The molecule has 0 saturated heterocycles. The van der Waals surface area contributed by atoms with Crippen molar-refractivity contribution in [2.75, 3.05) is 5.32 Å². The second-order valence-corrected chi connectivity index (χ2v) is 12.9. The van der Waals surface area contributed by atoms with E-state index in [1.54, 1.807) is 18.2 Å². The first-order valence-corrected chi connectivity index (χ1v) is 15.8. The standard InChI is InChI=1S/C37H34N2O4S/c1-21-15-23(3)36(24(4)16-21)38-27-11-13-29-32(19-27)43-33-20-28(39-37-25(5)17-22(2)18-26(37)6)12-14-30(33)35(29)31-9-7-8-10-34(31)44(40,41)42/h7-20,38H,1-6H3,(H,40,41,42)/p-1. The van der Waals surface area contributed by atoms with Crippen LogP contribution < -0.4 is 10.7 Å². The smallest absolute Gasteiger partial charge is 0.137 e. The SMILES string of the molecule is Cc1cc(C)c(N=c2ccc3c(-c4ccccc4S(=O)(=O)[O-])c4ccc(Nc5c(C)cc(C)cc5C)cc4oc-3c2)c(C)c1. The van der Waals surface area contributed by atoms with Crippen molar-refractivity contribution in [1.29, 1.82) is 0 Å². The highest BCUT2D eigenvalue weighted by Crippen LogP contribution is 2.43. The van der Waals surface area contributed by atoms with Crippen LogP contribution in [0.15, 0.2) is 99.2 Å². The lowest BCUT2D eigenvalue weighted by Crippen LogP contribution is -2.05. The Balaban J connectivity index is 1.62. The molecule has 1 aliphatic heterocycles. The van der Waals surface area contributed by atoms with E-state index >= 15 is 0 Å². The van der Waals surface area contributed by atoms with Crippen molar-refractivity contribution >= 4 is 38.1 Å². The fraction of sp³-hybridized carbons (Fsp3) is 0.162. The molecule has 4 aromatic carbocycles. The lowest BCUT2D eigenvalue weighted by Gasteiger charge is -2.20. The minimum Gasteiger partial charge on any atom is -0.744 e. The summed E-state index contributed by atoms with van der Waals surface area (Å²) < 4.78 is 43.7. The summed E-state index contributed by atoms with van der Waals surface area (Å²) in [5.41, 5.74) is 11.7. The first-order chi connectivity index (χ1) is 20.9. The molecule has 6 rings (SSSR count). The molecule has 0 atom stereocenters. The van der Waals surface area contributed by atoms with Gasteiger partial charge in [0.25, 0.3) is 0 Å². The van der Waals surface area contributed by atoms with Gasteiger partial charge in [0, 0.05) is 45.6 Å². The molecule has 6 nitrogen and oxygen atoms in total. The average molecular weight is 602 g/mol. The Bertz CT molecular complexity index is 2200. The molecule has 44 heavy (non-hydrogen) atoms. The van der Waals surface area contributed by atoms with Crippen LogP contribution in [-0.4, -0.2) is 13.0 Å². The molecule has 1 N–H and O–H groups in total. The van der Waals surface area contributed by atoms with Gasteiger partial charge in [0.15, 0.2) is 0 Å². The number of rotatable bonds is 5. The minimum absolute atomic E-state index is 0.276. The van der Waals surface area contributed by atoms with E-state index in [0.717, 1.165) is 39.3 Å². The molecule has 0 saturated carbocycles. The predicted octanol–water partition coefficient (Wildman–Crippen LogP) is 8.94. The van der Waals surface area contributed by atoms with Gasteiger partial charge in [0.1, 0.15) is 21.5 Å². The number of fused-ring (bicyclic) bond motifs is 2. The molecule has 222 valence electrons. The minimum atomic E-state index is -4.75. The van der Waals surface area contributed by atoms with Gasteiger partial charge in [-0.2, -0.15) is 0 Å². The molecule has 0 bridgehead atoms. The Morgan fingerprint density at radius 1 is 0.705 bits per heavy atom. The second kappa shape index (κ2) is 11.1. The van der Waals surface area contributed by atoms with Crippen LogP contribution in [-0.2, 0) is 10.1 Å². The van der Waals surface area contributed by atoms with Crippen molar-refractivity contribution in [3.63, 3.8) is 0 Å². The van der Waals surface area contributed by atoms with Crippen LogP contribution >= 0.6 is 0 Å². The van der Waals surface area contributed by atoms with Crippen LogP contribution in [0.5, 0.6) is 0 Å². The second-order valence-electron chi connectivity index (χ2n) is 11.6. The molecule has 0 unspecified atom stereocenters. The normalized spacial score (nSPS) is 12.3. The zero-order valence-corrected chi connectivity index (χ0v) is 26.4. The zero-order valence-electron chi connectivity index (χ0n) is 25.6. The predicted molar refractivity (Wildman–Crippen MR) is 176 cm³/mol. The number of nitrogens with one attached hydrogen (secondary N) is 1. The van der Waals surface area contributed by atoms with Gasteiger partial charge in [-0.05, 0) is 94.1 Å².